The first-order valence-corrected chi connectivity index (χ1v) is 6.34. The molecule has 0 N–H and O–H groups in total. The quantitative estimate of drug-likeness (QED) is 0.639. The lowest BCUT2D eigenvalue weighted by Crippen LogP contribution is -2.05. The predicted octanol–water partition coefficient (Wildman–Crippen LogP) is 4.69. The lowest BCUT2D eigenvalue weighted by molar-refractivity contribution is 0.445. The van der Waals surface area contributed by atoms with Crippen LogP contribution in [-0.4, -0.2) is 0 Å². The van der Waals surface area contributed by atoms with Crippen molar-refractivity contribution >= 4 is 10.8 Å². The molecule has 0 saturated heterocycles. The second-order valence-corrected chi connectivity index (χ2v) is 4.81. The minimum absolute atomic E-state index is 0.750. The molecule has 81 valence electrons. The Kier molecular flexibility index (Phi) is 2.65. The molecule has 0 atom stereocenters. The van der Waals surface area contributed by atoms with Gasteiger partial charge in [-0.25, -0.2) is 0 Å². The molecule has 0 nitrogen and oxygen atoms in total. The van der Waals surface area contributed by atoms with Gasteiger partial charge >= 0.3 is 0 Å². The Morgan fingerprint density at radius 1 is 0.938 bits per heavy atom. The summed E-state index contributed by atoms with van der Waals surface area (Å²) < 4.78 is 0. The SMILES string of the molecule is [c]1ccc2ccccc2c1C1CCCCC1. The Bertz CT molecular complexity index is 473. The van der Waals surface area contributed by atoms with Crippen molar-refractivity contribution in [2.24, 2.45) is 0 Å². The van der Waals surface area contributed by atoms with Crippen LogP contribution in [0.1, 0.15) is 43.6 Å². The van der Waals surface area contributed by atoms with Crippen molar-refractivity contribution in [1.82, 2.24) is 0 Å². The number of rotatable bonds is 1. The summed E-state index contributed by atoms with van der Waals surface area (Å²) >= 11 is 0. The van der Waals surface area contributed by atoms with E-state index < -0.39 is 0 Å². The van der Waals surface area contributed by atoms with Gasteiger partial charge in [0.1, 0.15) is 0 Å². The lowest BCUT2D eigenvalue weighted by atomic mass is 9.82. The molecule has 0 aromatic heterocycles. The second-order valence-electron chi connectivity index (χ2n) is 4.81. The number of fused-ring (bicyclic) bond motifs is 1. The molecule has 1 saturated carbocycles. The fraction of sp³-hybridized carbons (Fsp3) is 0.375. The Hall–Kier alpha value is -1.30. The standard InChI is InChI=1S/C16H17/c1-2-7-13(8-3-1)16-12-6-10-14-9-4-5-11-15(14)16/h4-6,9-11,13H,1-3,7-8H2. The maximum atomic E-state index is 3.48. The highest BCUT2D eigenvalue weighted by Gasteiger charge is 2.17. The van der Waals surface area contributed by atoms with Crippen molar-refractivity contribution in [3.8, 4) is 0 Å². The Morgan fingerprint density at radius 2 is 1.75 bits per heavy atom. The first-order chi connectivity index (χ1) is 7.95. The first kappa shape index (κ1) is 9.89. The predicted molar refractivity (Wildman–Crippen MR) is 68.6 cm³/mol. The second kappa shape index (κ2) is 4.29. The minimum atomic E-state index is 0.750. The monoisotopic (exact) mass is 209 g/mol. The maximum Gasteiger partial charge on any atom is -0.0140 e. The highest BCUT2D eigenvalue weighted by atomic mass is 14.2. The van der Waals surface area contributed by atoms with Crippen LogP contribution in [0.3, 0.4) is 0 Å². The van der Waals surface area contributed by atoms with E-state index in [0.29, 0.717) is 0 Å². The molecule has 0 aliphatic heterocycles. The van der Waals surface area contributed by atoms with Crippen LogP contribution in [0.25, 0.3) is 10.8 Å². The average Bonchev–Trinajstić information content (AvgIpc) is 2.39. The van der Waals surface area contributed by atoms with E-state index in [4.69, 9.17) is 0 Å². The van der Waals surface area contributed by atoms with E-state index in [1.807, 2.05) is 0 Å². The molecule has 1 aliphatic rings. The molecule has 0 bridgehead atoms. The van der Waals surface area contributed by atoms with Crippen molar-refractivity contribution in [3.63, 3.8) is 0 Å². The van der Waals surface area contributed by atoms with Gasteiger partial charge in [0.25, 0.3) is 0 Å². The summed E-state index contributed by atoms with van der Waals surface area (Å²) in [5.41, 5.74) is 1.46. The topological polar surface area (TPSA) is 0 Å². The minimum Gasteiger partial charge on any atom is -0.0616 e. The zero-order valence-electron chi connectivity index (χ0n) is 9.58. The molecule has 3 rings (SSSR count). The Balaban J connectivity index is 2.08. The van der Waals surface area contributed by atoms with E-state index >= 15 is 0 Å². The van der Waals surface area contributed by atoms with Gasteiger partial charge in [-0.15, -0.1) is 0 Å². The van der Waals surface area contributed by atoms with Crippen LogP contribution in [0.5, 0.6) is 0 Å². The Morgan fingerprint density at radius 3 is 2.62 bits per heavy atom. The summed E-state index contributed by atoms with van der Waals surface area (Å²) in [6, 6.07) is 16.4. The molecule has 0 unspecified atom stereocenters. The largest absolute Gasteiger partial charge is 0.0616 e. The van der Waals surface area contributed by atoms with E-state index in [9.17, 15) is 0 Å². The van der Waals surface area contributed by atoms with E-state index in [1.54, 1.807) is 0 Å². The molecule has 0 amide bonds. The number of benzene rings is 2. The summed E-state index contributed by atoms with van der Waals surface area (Å²) in [6.45, 7) is 0. The van der Waals surface area contributed by atoms with Crippen LogP contribution in [0.2, 0.25) is 0 Å². The fourth-order valence-electron chi connectivity index (χ4n) is 2.92. The average molecular weight is 209 g/mol. The van der Waals surface area contributed by atoms with Crippen LogP contribution in [0, 0.1) is 6.07 Å². The highest BCUT2D eigenvalue weighted by Crippen LogP contribution is 2.35. The van der Waals surface area contributed by atoms with Crippen molar-refractivity contribution in [3.05, 3.63) is 48.0 Å². The van der Waals surface area contributed by atoms with Crippen molar-refractivity contribution in [1.29, 1.82) is 0 Å². The van der Waals surface area contributed by atoms with Gasteiger partial charge in [0.2, 0.25) is 0 Å². The summed E-state index contributed by atoms with van der Waals surface area (Å²) in [5, 5.41) is 2.78. The van der Waals surface area contributed by atoms with Crippen molar-refractivity contribution in [2.45, 2.75) is 38.0 Å². The number of hydrogen-bond acceptors (Lipinski definition) is 0. The molecular formula is C16H17. The van der Waals surface area contributed by atoms with E-state index in [-0.39, 0.29) is 0 Å². The summed E-state index contributed by atoms with van der Waals surface area (Å²) in [5.74, 6) is 0.750. The molecule has 2 aromatic carbocycles. The molecule has 0 heteroatoms. The Labute approximate surface area is 97.3 Å². The van der Waals surface area contributed by atoms with Gasteiger partial charge in [0, 0.05) is 0 Å². The molecule has 1 radical (unpaired) electrons. The van der Waals surface area contributed by atoms with Crippen molar-refractivity contribution in [2.75, 3.05) is 0 Å². The van der Waals surface area contributed by atoms with E-state index in [1.165, 1.54) is 48.4 Å². The lowest BCUT2D eigenvalue weighted by Gasteiger charge is -2.23. The molecule has 0 heterocycles. The summed E-state index contributed by atoms with van der Waals surface area (Å²) in [6.07, 6.45) is 6.90. The van der Waals surface area contributed by atoms with Gasteiger partial charge in [-0.05, 0) is 41.2 Å². The molecule has 0 spiro atoms. The van der Waals surface area contributed by atoms with Crippen LogP contribution >= 0.6 is 0 Å². The third-order valence-corrected chi connectivity index (χ3v) is 3.77. The third-order valence-electron chi connectivity index (χ3n) is 3.77. The smallest absolute Gasteiger partial charge is 0.0140 e. The molecule has 2 aromatic rings. The summed E-state index contributed by atoms with van der Waals surface area (Å²) in [7, 11) is 0. The van der Waals surface area contributed by atoms with Crippen molar-refractivity contribution < 1.29 is 0 Å². The van der Waals surface area contributed by atoms with Gasteiger partial charge in [-0.3, -0.25) is 0 Å². The highest BCUT2D eigenvalue weighted by molar-refractivity contribution is 5.85. The van der Waals surface area contributed by atoms with Gasteiger partial charge in [0.05, 0.1) is 0 Å². The summed E-state index contributed by atoms with van der Waals surface area (Å²) in [4.78, 5) is 0. The van der Waals surface area contributed by atoms with Gasteiger partial charge in [0.15, 0.2) is 0 Å². The fourth-order valence-corrected chi connectivity index (χ4v) is 2.92. The van der Waals surface area contributed by atoms with Gasteiger partial charge in [-0.1, -0.05) is 55.7 Å². The molecule has 1 fully saturated rings. The zero-order valence-corrected chi connectivity index (χ0v) is 9.58. The molecular weight excluding hydrogens is 192 g/mol. The molecule has 16 heavy (non-hydrogen) atoms. The van der Waals surface area contributed by atoms with Gasteiger partial charge < -0.3 is 0 Å². The first-order valence-electron chi connectivity index (χ1n) is 6.34. The van der Waals surface area contributed by atoms with Crippen LogP contribution < -0.4 is 0 Å². The zero-order chi connectivity index (χ0) is 10.8. The van der Waals surface area contributed by atoms with Crippen LogP contribution in [0.4, 0.5) is 0 Å². The van der Waals surface area contributed by atoms with E-state index in [0.717, 1.165) is 5.92 Å². The maximum absolute atomic E-state index is 3.48. The van der Waals surface area contributed by atoms with Crippen LogP contribution in [-0.2, 0) is 0 Å². The van der Waals surface area contributed by atoms with Crippen LogP contribution in [0.15, 0.2) is 36.4 Å². The van der Waals surface area contributed by atoms with Gasteiger partial charge in [-0.2, -0.15) is 0 Å². The molecule has 1 aliphatic carbocycles. The normalized spacial score (nSPS) is 17.8. The van der Waals surface area contributed by atoms with E-state index in [2.05, 4.69) is 42.5 Å². The third kappa shape index (κ3) is 1.73. The number of hydrogen-bond donors (Lipinski definition) is 0.